The van der Waals surface area contributed by atoms with Crippen molar-refractivity contribution in [2.45, 2.75) is 20.8 Å². The average Bonchev–Trinajstić information content (AvgIpc) is 2.49. The summed E-state index contributed by atoms with van der Waals surface area (Å²) in [7, 11) is 0. The van der Waals surface area contributed by atoms with Crippen LogP contribution in [0.5, 0.6) is 0 Å². The number of hydrogen-bond acceptors (Lipinski definition) is 2. The number of hydrogen-bond donors (Lipinski definition) is 1. The maximum atomic E-state index is 12.8. The molecule has 1 amide bonds. The minimum Gasteiger partial charge on any atom is -0.322 e. The second-order valence-electron chi connectivity index (χ2n) is 5.75. The molecule has 2 aromatic carbocycles. The third-order valence-electron chi connectivity index (χ3n) is 3.77. The molecule has 0 spiro atoms. The highest BCUT2D eigenvalue weighted by atomic mass is 35.5. The highest BCUT2D eigenvalue weighted by Crippen LogP contribution is 2.23. The quantitative estimate of drug-likeness (QED) is 0.715. The van der Waals surface area contributed by atoms with Crippen molar-refractivity contribution in [3.05, 3.63) is 69.9 Å². The van der Waals surface area contributed by atoms with E-state index in [2.05, 4.69) is 10.3 Å². The van der Waals surface area contributed by atoms with Crippen LogP contribution in [0.4, 0.5) is 5.69 Å². The summed E-state index contributed by atoms with van der Waals surface area (Å²) >= 11 is 5.97. The SMILES string of the molecule is Cc1ccc2nc(C)cc(C(=O)Nc3ccc(Cl)cc3C)c2c1. The first-order valence-corrected chi connectivity index (χ1v) is 7.77. The molecule has 0 atom stereocenters. The molecule has 116 valence electrons. The standard InChI is InChI=1S/C19H17ClN2O/c1-11-4-6-18-15(8-11)16(10-13(3)21-18)19(23)22-17-7-5-14(20)9-12(17)2/h4-10H,1-3H3,(H,22,23). The van der Waals surface area contributed by atoms with Gasteiger partial charge in [-0.05, 0) is 62.7 Å². The second-order valence-corrected chi connectivity index (χ2v) is 6.18. The van der Waals surface area contributed by atoms with Gasteiger partial charge in [-0.25, -0.2) is 0 Å². The van der Waals surface area contributed by atoms with Crippen molar-refractivity contribution in [2.75, 3.05) is 5.32 Å². The number of benzene rings is 2. The summed E-state index contributed by atoms with van der Waals surface area (Å²) in [6.07, 6.45) is 0. The van der Waals surface area contributed by atoms with E-state index in [1.165, 1.54) is 0 Å². The van der Waals surface area contributed by atoms with Crippen molar-refractivity contribution in [3.63, 3.8) is 0 Å². The number of rotatable bonds is 2. The molecule has 3 rings (SSSR count). The molecule has 1 N–H and O–H groups in total. The number of pyridine rings is 1. The smallest absolute Gasteiger partial charge is 0.256 e. The zero-order valence-electron chi connectivity index (χ0n) is 13.3. The fraction of sp³-hybridized carbons (Fsp3) is 0.158. The van der Waals surface area contributed by atoms with Crippen LogP contribution in [0.15, 0.2) is 42.5 Å². The van der Waals surface area contributed by atoms with Crippen molar-refractivity contribution < 1.29 is 4.79 Å². The summed E-state index contributed by atoms with van der Waals surface area (Å²) in [6, 6.07) is 13.2. The molecule has 0 saturated carbocycles. The van der Waals surface area contributed by atoms with Crippen LogP contribution in [0, 0.1) is 20.8 Å². The molecule has 1 aromatic heterocycles. The molecule has 0 aliphatic rings. The first-order valence-electron chi connectivity index (χ1n) is 7.39. The van der Waals surface area contributed by atoms with E-state index in [4.69, 9.17) is 11.6 Å². The lowest BCUT2D eigenvalue weighted by Crippen LogP contribution is -2.14. The van der Waals surface area contributed by atoms with Gasteiger partial charge in [-0.3, -0.25) is 9.78 Å². The topological polar surface area (TPSA) is 42.0 Å². The van der Waals surface area contributed by atoms with Crippen LogP contribution < -0.4 is 5.32 Å². The van der Waals surface area contributed by atoms with Gasteiger partial charge < -0.3 is 5.32 Å². The van der Waals surface area contributed by atoms with Gasteiger partial charge in [0.05, 0.1) is 11.1 Å². The van der Waals surface area contributed by atoms with Gasteiger partial charge in [-0.1, -0.05) is 23.2 Å². The zero-order chi connectivity index (χ0) is 16.6. The van der Waals surface area contributed by atoms with Gasteiger partial charge in [0.15, 0.2) is 0 Å². The molecule has 0 aliphatic heterocycles. The molecule has 3 aromatic rings. The van der Waals surface area contributed by atoms with Crippen LogP contribution in [-0.2, 0) is 0 Å². The Morgan fingerprint density at radius 1 is 1.04 bits per heavy atom. The lowest BCUT2D eigenvalue weighted by atomic mass is 10.0. The molecule has 0 bridgehead atoms. The van der Waals surface area contributed by atoms with Gasteiger partial charge in [0.1, 0.15) is 0 Å². The number of anilines is 1. The van der Waals surface area contributed by atoms with Crippen molar-refractivity contribution in [2.24, 2.45) is 0 Å². The van der Waals surface area contributed by atoms with E-state index in [9.17, 15) is 4.79 Å². The molecule has 23 heavy (non-hydrogen) atoms. The van der Waals surface area contributed by atoms with Gasteiger partial charge in [-0.15, -0.1) is 0 Å². The Labute approximate surface area is 140 Å². The van der Waals surface area contributed by atoms with E-state index < -0.39 is 0 Å². The summed E-state index contributed by atoms with van der Waals surface area (Å²) in [5.41, 5.74) is 5.06. The zero-order valence-corrected chi connectivity index (χ0v) is 14.0. The summed E-state index contributed by atoms with van der Waals surface area (Å²) in [6.45, 7) is 5.81. The van der Waals surface area contributed by atoms with Gasteiger partial charge in [-0.2, -0.15) is 0 Å². The number of aryl methyl sites for hydroxylation is 3. The molecule has 4 heteroatoms. The lowest BCUT2D eigenvalue weighted by Gasteiger charge is -2.11. The Hall–Kier alpha value is -2.39. The normalized spacial score (nSPS) is 10.8. The Morgan fingerprint density at radius 2 is 1.83 bits per heavy atom. The van der Waals surface area contributed by atoms with E-state index in [0.717, 1.165) is 33.4 Å². The Kier molecular flexibility index (Phi) is 4.05. The lowest BCUT2D eigenvalue weighted by molar-refractivity contribution is 0.102. The number of nitrogens with one attached hydrogen (secondary N) is 1. The largest absolute Gasteiger partial charge is 0.322 e. The minimum absolute atomic E-state index is 0.142. The Bertz CT molecular complexity index is 919. The average molecular weight is 325 g/mol. The number of fused-ring (bicyclic) bond motifs is 1. The first-order chi connectivity index (χ1) is 10.9. The Morgan fingerprint density at radius 3 is 2.57 bits per heavy atom. The molecule has 0 saturated heterocycles. The third kappa shape index (κ3) is 3.20. The maximum absolute atomic E-state index is 12.8. The van der Waals surface area contributed by atoms with Crippen molar-refractivity contribution in [1.29, 1.82) is 0 Å². The minimum atomic E-state index is -0.142. The van der Waals surface area contributed by atoms with Gasteiger partial charge in [0, 0.05) is 21.8 Å². The van der Waals surface area contributed by atoms with Crippen LogP contribution in [0.25, 0.3) is 10.9 Å². The monoisotopic (exact) mass is 324 g/mol. The fourth-order valence-electron chi connectivity index (χ4n) is 2.62. The summed E-state index contributed by atoms with van der Waals surface area (Å²) < 4.78 is 0. The van der Waals surface area contributed by atoms with Crippen molar-refractivity contribution in [1.82, 2.24) is 4.98 Å². The maximum Gasteiger partial charge on any atom is 0.256 e. The molecule has 3 nitrogen and oxygen atoms in total. The number of aromatic nitrogens is 1. The van der Waals surface area contributed by atoms with E-state index in [-0.39, 0.29) is 5.91 Å². The first kappa shape index (κ1) is 15.5. The highest BCUT2D eigenvalue weighted by Gasteiger charge is 2.13. The summed E-state index contributed by atoms with van der Waals surface area (Å²) in [4.78, 5) is 17.3. The van der Waals surface area contributed by atoms with Gasteiger partial charge in [0.2, 0.25) is 0 Å². The summed E-state index contributed by atoms with van der Waals surface area (Å²) in [5, 5.41) is 4.48. The van der Waals surface area contributed by atoms with E-state index in [0.29, 0.717) is 10.6 Å². The number of amides is 1. The third-order valence-corrected chi connectivity index (χ3v) is 4.01. The molecule has 1 heterocycles. The molecular weight excluding hydrogens is 308 g/mol. The van der Waals surface area contributed by atoms with Gasteiger partial charge in [0.25, 0.3) is 5.91 Å². The van der Waals surface area contributed by atoms with Crippen LogP contribution in [0.2, 0.25) is 5.02 Å². The van der Waals surface area contributed by atoms with Crippen LogP contribution in [0.3, 0.4) is 0 Å². The van der Waals surface area contributed by atoms with E-state index >= 15 is 0 Å². The molecule has 0 aliphatic carbocycles. The van der Waals surface area contributed by atoms with E-state index in [1.807, 2.05) is 57.2 Å². The fourth-order valence-corrected chi connectivity index (χ4v) is 2.84. The van der Waals surface area contributed by atoms with Crippen LogP contribution in [0.1, 0.15) is 27.2 Å². The van der Waals surface area contributed by atoms with Crippen LogP contribution >= 0.6 is 11.6 Å². The second kappa shape index (κ2) is 6.01. The number of carbonyl (C=O) groups excluding carboxylic acids is 1. The van der Waals surface area contributed by atoms with E-state index in [1.54, 1.807) is 6.07 Å². The van der Waals surface area contributed by atoms with Crippen LogP contribution in [-0.4, -0.2) is 10.9 Å². The highest BCUT2D eigenvalue weighted by molar-refractivity contribution is 6.30. The predicted octanol–water partition coefficient (Wildman–Crippen LogP) is 5.07. The summed E-state index contributed by atoms with van der Waals surface area (Å²) in [5.74, 6) is -0.142. The number of carbonyl (C=O) groups is 1. The number of nitrogens with zero attached hydrogens (tertiary/aromatic N) is 1. The molecule has 0 fully saturated rings. The number of halogens is 1. The van der Waals surface area contributed by atoms with Crippen molar-refractivity contribution >= 4 is 34.1 Å². The van der Waals surface area contributed by atoms with Crippen molar-refractivity contribution in [3.8, 4) is 0 Å². The Balaban J connectivity index is 2.05. The molecule has 0 radical (unpaired) electrons. The molecule has 0 unspecified atom stereocenters. The van der Waals surface area contributed by atoms with Gasteiger partial charge >= 0.3 is 0 Å². The predicted molar refractivity (Wildman–Crippen MR) is 95.4 cm³/mol. The molecular formula is C19H17ClN2O.